The Morgan fingerprint density at radius 1 is 1.10 bits per heavy atom. The quantitative estimate of drug-likeness (QED) is 0.622. The minimum absolute atomic E-state index is 0.278. The lowest BCUT2D eigenvalue weighted by Gasteiger charge is -2.32. The van der Waals surface area contributed by atoms with Gasteiger partial charge in [0.15, 0.2) is 0 Å². The second-order valence-electron chi connectivity index (χ2n) is 7.10. The van der Waals surface area contributed by atoms with Crippen LogP contribution in [0.2, 0.25) is 0 Å². The third-order valence-electron chi connectivity index (χ3n) is 4.42. The molecule has 1 aliphatic heterocycles. The maximum atomic E-state index is 14.3. The van der Waals surface area contributed by atoms with Crippen LogP contribution < -0.4 is 10.8 Å². The highest BCUT2D eigenvalue weighted by Crippen LogP contribution is 2.38. The van der Waals surface area contributed by atoms with E-state index in [1.165, 1.54) is 6.07 Å². The van der Waals surface area contributed by atoms with Crippen molar-refractivity contribution in [3.05, 3.63) is 23.5 Å². The topological polar surface area (TPSA) is 35.5 Å². The van der Waals surface area contributed by atoms with Gasteiger partial charge in [0.25, 0.3) is 0 Å². The highest BCUT2D eigenvalue weighted by molar-refractivity contribution is 7.70. The average Bonchev–Trinajstić information content (AvgIpc) is 2.49. The molecule has 1 saturated heterocycles. The van der Waals surface area contributed by atoms with E-state index < -0.39 is 31.3 Å². The summed E-state index contributed by atoms with van der Waals surface area (Å²) in [4.78, 5) is 0. The van der Waals surface area contributed by atoms with Crippen LogP contribution in [0.3, 0.4) is 0 Å². The Hall–Kier alpha value is -0.635. The van der Waals surface area contributed by atoms with Crippen molar-refractivity contribution < 1.29 is 18.3 Å². The molecule has 1 fully saturated rings. The lowest BCUT2D eigenvalue weighted by molar-refractivity contribution is 0.00578. The number of halogens is 1. The van der Waals surface area contributed by atoms with Crippen LogP contribution in [0.15, 0.2) is 12.1 Å². The molecule has 0 aromatic heterocycles. The van der Waals surface area contributed by atoms with Gasteiger partial charge in [-0.05, 0) is 65.5 Å². The highest BCUT2D eigenvalue weighted by Gasteiger charge is 2.52. The Morgan fingerprint density at radius 3 is 2.00 bits per heavy atom. The normalized spacial score (nSPS) is 20.9. The van der Waals surface area contributed by atoms with Crippen LogP contribution >= 0.6 is 7.14 Å². The van der Waals surface area contributed by atoms with Gasteiger partial charge < -0.3 is 13.9 Å². The van der Waals surface area contributed by atoms with Crippen molar-refractivity contribution in [1.82, 2.24) is 0 Å². The first-order chi connectivity index (χ1) is 9.35. The fourth-order valence-electron chi connectivity index (χ4n) is 2.32. The average molecular weight is 312 g/mol. The number of rotatable bonds is 2. The molecule has 1 aromatic carbocycles. The number of benzene rings is 1. The molecular weight excluding hydrogens is 289 g/mol. The lowest BCUT2D eigenvalue weighted by Crippen LogP contribution is -2.41. The summed E-state index contributed by atoms with van der Waals surface area (Å²) >= 11 is 0. The molecule has 0 radical (unpaired) electrons. The van der Waals surface area contributed by atoms with Crippen molar-refractivity contribution >= 4 is 25.0 Å². The first-order valence-corrected chi connectivity index (χ1v) is 9.66. The first-order valence-electron chi connectivity index (χ1n) is 7.06. The molecule has 6 heteroatoms. The molecule has 21 heavy (non-hydrogen) atoms. The SMILES string of the molecule is Cc1cc(P(C)(C)=O)c(F)cc1B1OC(C)(C)C(C)(C)O1. The second kappa shape index (κ2) is 4.94. The largest absolute Gasteiger partial charge is 0.495 e. The molecule has 3 nitrogen and oxygen atoms in total. The van der Waals surface area contributed by atoms with Crippen molar-refractivity contribution in [1.29, 1.82) is 0 Å². The van der Waals surface area contributed by atoms with Gasteiger partial charge in [-0.25, -0.2) is 4.39 Å². The van der Waals surface area contributed by atoms with Gasteiger partial charge in [-0.3, -0.25) is 0 Å². The highest BCUT2D eigenvalue weighted by atomic mass is 31.2. The predicted octanol–water partition coefficient (Wildman–Crippen LogP) is 2.68. The van der Waals surface area contributed by atoms with Gasteiger partial charge in [0.2, 0.25) is 0 Å². The fraction of sp³-hybridized carbons (Fsp3) is 0.600. The Bertz CT molecular complexity index is 606. The molecule has 0 unspecified atom stereocenters. The van der Waals surface area contributed by atoms with E-state index in [1.807, 2.05) is 34.6 Å². The minimum Gasteiger partial charge on any atom is -0.399 e. The van der Waals surface area contributed by atoms with E-state index in [0.29, 0.717) is 5.46 Å². The summed E-state index contributed by atoms with van der Waals surface area (Å²) in [5.74, 6) is -0.460. The summed E-state index contributed by atoms with van der Waals surface area (Å²) in [5, 5.41) is 0.278. The van der Waals surface area contributed by atoms with Crippen LogP contribution in [0.4, 0.5) is 4.39 Å². The zero-order valence-electron chi connectivity index (χ0n) is 13.8. The third kappa shape index (κ3) is 2.97. The van der Waals surface area contributed by atoms with Gasteiger partial charge in [0, 0.05) is 5.30 Å². The molecule has 2 rings (SSSR count). The summed E-state index contributed by atoms with van der Waals surface area (Å²) < 4.78 is 38.3. The van der Waals surface area contributed by atoms with Crippen molar-refractivity contribution in [3.8, 4) is 0 Å². The smallest absolute Gasteiger partial charge is 0.399 e. The van der Waals surface area contributed by atoms with Gasteiger partial charge in [0.05, 0.1) is 11.2 Å². The molecule has 0 atom stereocenters. The summed E-state index contributed by atoms with van der Waals surface area (Å²) in [6.07, 6.45) is 0. The van der Waals surface area contributed by atoms with Crippen LogP contribution in [0.1, 0.15) is 33.3 Å². The minimum atomic E-state index is -2.64. The van der Waals surface area contributed by atoms with Crippen molar-refractivity contribution in [2.24, 2.45) is 0 Å². The van der Waals surface area contributed by atoms with Gasteiger partial charge in [-0.15, -0.1) is 0 Å². The Morgan fingerprint density at radius 2 is 1.57 bits per heavy atom. The van der Waals surface area contributed by atoms with Crippen LogP contribution in [-0.4, -0.2) is 31.7 Å². The lowest BCUT2D eigenvalue weighted by atomic mass is 9.76. The Kier molecular flexibility index (Phi) is 3.93. The van der Waals surface area contributed by atoms with Gasteiger partial charge in [0.1, 0.15) is 13.0 Å². The fourth-order valence-corrected chi connectivity index (χ4v) is 3.40. The molecule has 116 valence electrons. The molecule has 0 N–H and O–H groups in total. The number of hydrogen-bond donors (Lipinski definition) is 0. The molecule has 0 spiro atoms. The summed E-state index contributed by atoms with van der Waals surface area (Å²) in [7, 11) is -3.25. The van der Waals surface area contributed by atoms with Crippen LogP contribution in [0.5, 0.6) is 0 Å². The summed E-state index contributed by atoms with van der Waals surface area (Å²) in [5.41, 5.74) is 0.547. The number of aryl methyl sites for hydroxylation is 1. The van der Waals surface area contributed by atoms with Crippen molar-refractivity contribution in [3.63, 3.8) is 0 Å². The first kappa shape index (κ1) is 16.7. The van der Waals surface area contributed by atoms with Crippen LogP contribution in [-0.2, 0) is 13.9 Å². The van der Waals surface area contributed by atoms with Gasteiger partial charge in [-0.1, -0.05) is 5.56 Å². The van der Waals surface area contributed by atoms with Crippen molar-refractivity contribution in [2.75, 3.05) is 13.3 Å². The molecule has 1 aromatic rings. The van der Waals surface area contributed by atoms with Gasteiger partial charge >= 0.3 is 7.12 Å². The third-order valence-corrected chi connectivity index (χ3v) is 5.93. The van der Waals surface area contributed by atoms with E-state index in [-0.39, 0.29) is 5.30 Å². The number of hydrogen-bond acceptors (Lipinski definition) is 3. The van der Waals surface area contributed by atoms with Crippen LogP contribution in [0, 0.1) is 12.7 Å². The standard InChI is InChI=1S/C15H23BFO3P/c1-10-8-13(21(6,7)18)12(17)9-11(10)16-19-14(2,3)15(4,5)20-16/h8-9H,1-7H3. The summed E-state index contributed by atoms with van der Waals surface area (Å²) in [6, 6.07) is 3.04. The molecular formula is C15H23BFO3P. The van der Waals surface area contributed by atoms with E-state index in [4.69, 9.17) is 9.31 Å². The van der Waals surface area contributed by atoms with Crippen LogP contribution in [0.25, 0.3) is 0 Å². The predicted molar refractivity (Wildman–Crippen MR) is 85.9 cm³/mol. The molecule has 0 aliphatic carbocycles. The van der Waals surface area contributed by atoms with E-state index in [1.54, 1.807) is 19.4 Å². The molecule has 0 saturated carbocycles. The van der Waals surface area contributed by atoms with E-state index in [2.05, 4.69) is 0 Å². The Labute approximate surface area is 126 Å². The second-order valence-corrected chi connectivity index (χ2v) is 10.3. The zero-order chi connectivity index (χ0) is 16.2. The maximum Gasteiger partial charge on any atom is 0.495 e. The van der Waals surface area contributed by atoms with Gasteiger partial charge in [-0.2, -0.15) is 0 Å². The molecule has 0 bridgehead atoms. The molecule has 1 aliphatic rings. The van der Waals surface area contributed by atoms with Crippen molar-refractivity contribution in [2.45, 2.75) is 45.8 Å². The molecule has 1 heterocycles. The Balaban J connectivity index is 2.44. The maximum absolute atomic E-state index is 14.3. The van der Waals surface area contributed by atoms with E-state index >= 15 is 0 Å². The van der Waals surface area contributed by atoms with E-state index in [0.717, 1.165) is 5.56 Å². The monoisotopic (exact) mass is 312 g/mol. The molecule has 0 amide bonds. The zero-order valence-corrected chi connectivity index (χ0v) is 14.7. The summed E-state index contributed by atoms with van der Waals surface area (Å²) in [6.45, 7) is 12.8. The van der Waals surface area contributed by atoms with E-state index in [9.17, 15) is 8.96 Å².